The van der Waals surface area contributed by atoms with Crippen molar-refractivity contribution in [2.24, 2.45) is 5.84 Å². The number of hydrogen-bond donors (Lipinski definition) is 4. The number of rotatable bonds is 4. The Hall–Kier alpha value is -0.160. The van der Waals surface area contributed by atoms with Gasteiger partial charge in [-0.25, -0.2) is 0 Å². The van der Waals surface area contributed by atoms with E-state index in [9.17, 15) is 0 Å². The number of hydrazine groups is 1. The van der Waals surface area contributed by atoms with Crippen molar-refractivity contribution < 1.29 is 10.2 Å². The maximum Gasteiger partial charge on any atom is 0.151 e. The van der Waals surface area contributed by atoms with Crippen molar-refractivity contribution in [3.05, 3.63) is 0 Å². The van der Waals surface area contributed by atoms with Crippen molar-refractivity contribution in [1.82, 2.24) is 5.43 Å². The van der Waals surface area contributed by atoms with Gasteiger partial charge in [-0.15, -0.1) is 0 Å². The highest BCUT2D eigenvalue weighted by molar-refractivity contribution is 4.41. The normalized spacial score (nSPS) is 10.5. The monoisotopic (exact) mass is 120 g/mol. The summed E-state index contributed by atoms with van der Waals surface area (Å²) in [6.07, 6.45) is -0.124. The predicted molar refractivity (Wildman–Crippen MR) is 29.6 cm³/mol. The Balaban J connectivity index is 2.72. The Morgan fingerprint density at radius 1 is 1.50 bits per heavy atom. The van der Waals surface area contributed by atoms with Gasteiger partial charge in [-0.05, 0) is 12.8 Å². The van der Waals surface area contributed by atoms with Crippen molar-refractivity contribution in [3.8, 4) is 0 Å². The Kier molecular flexibility index (Phi) is 4.89. The van der Waals surface area contributed by atoms with Gasteiger partial charge in [0.15, 0.2) is 6.29 Å². The van der Waals surface area contributed by atoms with E-state index in [4.69, 9.17) is 16.1 Å². The van der Waals surface area contributed by atoms with Crippen LogP contribution in [-0.2, 0) is 0 Å². The number of aliphatic hydroxyl groups excluding tert-OH is 1. The SMILES string of the molecule is NNCCCC(O)O. The van der Waals surface area contributed by atoms with E-state index in [-0.39, 0.29) is 0 Å². The number of aliphatic hydroxyl groups is 2. The van der Waals surface area contributed by atoms with Gasteiger partial charge in [0.1, 0.15) is 0 Å². The molecule has 0 unspecified atom stereocenters. The third-order valence-electron chi connectivity index (χ3n) is 0.783. The van der Waals surface area contributed by atoms with Crippen LogP contribution in [0.25, 0.3) is 0 Å². The molecule has 0 aliphatic heterocycles. The number of nitrogens with two attached hydrogens (primary N) is 1. The molecular weight excluding hydrogens is 108 g/mol. The first-order chi connectivity index (χ1) is 3.77. The summed E-state index contributed by atoms with van der Waals surface area (Å²) in [7, 11) is 0. The van der Waals surface area contributed by atoms with Gasteiger partial charge >= 0.3 is 0 Å². The van der Waals surface area contributed by atoms with Crippen LogP contribution in [0.5, 0.6) is 0 Å². The van der Waals surface area contributed by atoms with E-state index in [1.54, 1.807) is 0 Å². The zero-order chi connectivity index (χ0) is 6.41. The van der Waals surface area contributed by atoms with Crippen LogP contribution in [0.15, 0.2) is 0 Å². The molecule has 5 N–H and O–H groups in total. The molecule has 0 radical (unpaired) electrons. The Labute approximate surface area is 48.3 Å². The number of nitrogens with one attached hydrogen (secondary N) is 1. The molecular formula is C4H12N2O2. The molecule has 4 nitrogen and oxygen atoms in total. The van der Waals surface area contributed by atoms with E-state index in [0.29, 0.717) is 19.4 Å². The van der Waals surface area contributed by atoms with Gasteiger partial charge < -0.3 is 10.2 Å². The van der Waals surface area contributed by atoms with E-state index in [1.807, 2.05) is 0 Å². The second kappa shape index (κ2) is 4.99. The molecule has 0 atom stereocenters. The topological polar surface area (TPSA) is 78.5 Å². The molecule has 0 saturated carbocycles. The highest BCUT2D eigenvalue weighted by Gasteiger charge is 1.93. The summed E-state index contributed by atoms with van der Waals surface area (Å²) in [5, 5.41) is 16.5. The molecule has 50 valence electrons. The first-order valence-electron chi connectivity index (χ1n) is 2.57. The second-order valence-electron chi connectivity index (χ2n) is 1.58. The third kappa shape index (κ3) is 5.84. The van der Waals surface area contributed by atoms with Crippen LogP contribution < -0.4 is 11.3 Å². The van der Waals surface area contributed by atoms with Gasteiger partial charge in [0.25, 0.3) is 0 Å². The molecule has 0 saturated heterocycles. The summed E-state index contributed by atoms with van der Waals surface area (Å²) in [5.41, 5.74) is 2.40. The molecule has 0 aromatic heterocycles. The minimum Gasteiger partial charge on any atom is -0.368 e. The average Bonchev–Trinajstić information content (AvgIpc) is 1.66. The molecule has 0 bridgehead atoms. The fraction of sp³-hybridized carbons (Fsp3) is 1.00. The van der Waals surface area contributed by atoms with Gasteiger partial charge in [-0.1, -0.05) is 0 Å². The lowest BCUT2D eigenvalue weighted by atomic mass is 10.3. The molecule has 8 heavy (non-hydrogen) atoms. The second-order valence-corrected chi connectivity index (χ2v) is 1.58. The van der Waals surface area contributed by atoms with Gasteiger partial charge in [0, 0.05) is 6.54 Å². The van der Waals surface area contributed by atoms with Crippen LogP contribution in [-0.4, -0.2) is 23.0 Å². The summed E-state index contributed by atoms with van der Waals surface area (Å²) in [4.78, 5) is 0. The molecule has 0 aliphatic carbocycles. The third-order valence-corrected chi connectivity index (χ3v) is 0.783. The lowest BCUT2D eigenvalue weighted by Gasteiger charge is -2.00. The Morgan fingerprint density at radius 2 is 2.12 bits per heavy atom. The molecule has 0 aromatic carbocycles. The number of hydrogen-bond acceptors (Lipinski definition) is 4. The highest BCUT2D eigenvalue weighted by atomic mass is 16.5. The molecule has 0 heterocycles. The maximum atomic E-state index is 8.27. The maximum absolute atomic E-state index is 8.27. The fourth-order valence-electron chi connectivity index (χ4n) is 0.387. The van der Waals surface area contributed by atoms with Gasteiger partial charge in [-0.2, -0.15) is 0 Å². The van der Waals surface area contributed by atoms with Crippen LogP contribution in [0.4, 0.5) is 0 Å². The minimum atomic E-state index is -1.19. The van der Waals surface area contributed by atoms with E-state index in [2.05, 4.69) is 5.43 Å². The quantitative estimate of drug-likeness (QED) is 0.158. The van der Waals surface area contributed by atoms with Crippen molar-refractivity contribution in [1.29, 1.82) is 0 Å². The zero-order valence-corrected chi connectivity index (χ0v) is 4.67. The lowest BCUT2D eigenvalue weighted by Crippen LogP contribution is -2.23. The van der Waals surface area contributed by atoms with Crippen LogP contribution >= 0.6 is 0 Å². The average molecular weight is 120 g/mol. The molecule has 4 heteroatoms. The van der Waals surface area contributed by atoms with E-state index in [0.717, 1.165) is 0 Å². The largest absolute Gasteiger partial charge is 0.368 e. The van der Waals surface area contributed by atoms with Crippen LogP contribution in [0.1, 0.15) is 12.8 Å². The summed E-state index contributed by atoms with van der Waals surface area (Å²) in [6.45, 7) is 0.623. The van der Waals surface area contributed by atoms with Crippen molar-refractivity contribution in [2.45, 2.75) is 19.1 Å². The van der Waals surface area contributed by atoms with Gasteiger partial charge in [-0.3, -0.25) is 11.3 Å². The fourth-order valence-corrected chi connectivity index (χ4v) is 0.387. The first-order valence-corrected chi connectivity index (χ1v) is 2.57. The molecule has 0 fully saturated rings. The minimum absolute atomic E-state index is 0.379. The lowest BCUT2D eigenvalue weighted by molar-refractivity contribution is -0.0460. The van der Waals surface area contributed by atoms with E-state index >= 15 is 0 Å². The zero-order valence-electron chi connectivity index (χ0n) is 4.67. The van der Waals surface area contributed by atoms with Crippen LogP contribution in [0.3, 0.4) is 0 Å². The Bertz CT molecular complexity index is 49.3. The molecule has 0 spiro atoms. The van der Waals surface area contributed by atoms with Crippen molar-refractivity contribution in [2.75, 3.05) is 6.54 Å². The predicted octanol–water partition coefficient (Wildman–Crippen LogP) is -1.46. The Morgan fingerprint density at radius 3 is 2.50 bits per heavy atom. The summed E-state index contributed by atoms with van der Waals surface area (Å²) < 4.78 is 0. The van der Waals surface area contributed by atoms with E-state index < -0.39 is 6.29 Å². The summed E-state index contributed by atoms with van der Waals surface area (Å²) in [5.74, 6) is 4.90. The van der Waals surface area contributed by atoms with Crippen molar-refractivity contribution >= 4 is 0 Å². The molecule has 0 aromatic rings. The standard InChI is InChI=1S/C4H12N2O2/c5-6-3-1-2-4(7)8/h4,6-8H,1-3,5H2. The van der Waals surface area contributed by atoms with Crippen molar-refractivity contribution in [3.63, 3.8) is 0 Å². The first kappa shape index (κ1) is 7.84. The van der Waals surface area contributed by atoms with Gasteiger partial charge in [0.05, 0.1) is 0 Å². The highest BCUT2D eigenvalue weighted by Crippen LogP contribution is 1.89. The van der Waals surface area contributed by atoms with Crippen LogP contribution in [0, 0.1) is 0 Å². The van der Waals surface area contributed by atoms with Crippen LogP contribution in [0.2, 0.25) is 0 Å². The smallest absolute Gasteiger partial charge is 0.151 e. The molecule has 0 aliphatic rings. The summed E-state index contributed by atoms with van der Waals surface area (Å²) in [6, 6.07) is 0. The molecule has 0 rings (SSSR count). The summed E-state index contributed by atoms with van der Waals surface area (Å²) >= 11 is 0. The molecule has 0 amide bonds. The van der Waals surface area contributed by atoms with E-state index in [1.165, 1.54) is 0 Å². The van der Waals surface area contributed by atoms with Gasteiger partial charge in [0.2, 0.25) is 0 Å².